The summed E-state index contributed by atoms with van der Waals surface area (Å²) in [6.45, 7) is -0.459. The van der Waals surface area contributed by atoms with Gasteiger partial charge in [-0.25, -0.2) is 8.42 Å². The van der Waals surface area contributed by atoms with Crippen LogP contribution in [0.5, 0.6) is 5.75 Å². The molecule has 110 valence electrons. The highest BCUT2D eigenvalue weighted by Crippen LogP contribution is 2.36. The summed E-state index contributed by atoms with van der Waals surface area (Å²) in [7, 11) is 1.09. The topological polar surface area (TPSA) is 63.7 Å². The Morgan fingerprint density at radius 2 is 2.00 bits per heavy atom. The summed E-state index contributed by atoms with van der Waals surface area (Å²) < 4.78 is 64.7. The van der Waals surface area contributed by atoms with E-state index in [1.54, 1.807) is 0 Å². The van der Waals surface area contributed by atoms with Gasteiger partial charge in [-0.1, -0.05) is 0 Å². The molecule has 2 rings (SSSR count). The number of amides is 1. The standard InChI is InChI=1S/C10H7ClF3NO4S/c11-20(17,18)6-1-2-7-8(5-6)19-4-3-15(7)9(16)10(12,13)14/h1-2,5H,3-4H2. The van der Waals surface area contributed by atoms with Crippen molar-refractivity contribution in [1.82, 2.24) is 0 Å². The number of nitrogens with zero attached hydrogens (tertiary/aromatic N) is 1. The minimum atomic E-state index is -5.02. The molecule has 0 radical (unpaired) electrons. The molecule has 1 aromatic rings. The Morgan fingerprint density at radius 1 is 1.35 bits per heavy atom. The zero-order valence-corrected chi connectivity index (χ0v) is 11.2. The average Bonchev–Trinajstić information content (AvgIpc) is 2.34. The van der Waals surface area contributed by atoms with Gasteiger partial charge in [0.1, 0.15) is 12.4 Å². The lowest BCUT2D eigenvalue weighted by atomic mass is 10.2. The molecule has 1 aromatic carbocycles. The number of carbonyl (C=O) groups excluding carboxylic acids is 1. The molecule has 0 atom stereocenters. The third-order valence-corrected chi connectivity index (χ3v) is 3.92. The van der Waals surface area contributed by atoms with Gasteiger partial charge in [-0.3, -0.25) is 9.69 Å². The molecule has 0 spiro atoms. The first kappa shape index (κ1) is 14.9. The van der Waals surface area contributed by atoms with E-state index in [0.29, 0.717) is 4.90 Å². The van der Waals surface area contributed by atoms with E-state index in [2.05, 4.69) is 0 Å². The molecular formula is C10H7ClF3NO4S. The Bertz CT molecular complexity index is 659. The Kier molecular flexibility index (Phi) is 3.59. The number of alkyl halides is 3. The average molecular weight is 330 g/mol. The number of ether oxygens (including phenoxy) is 1. The zero-order chi connectivity index (χ0) is 15.1. The van der Waals surface area contributed by atoms with Crippen LogP contribution in [0.15, 0.2) is 23.1 Å². The third kappa shape index (κ3) is 2.83. The van der Waals surface area contributed by atoms with Gasteiger partial charge in [0.15, 0.2) is 0 Å². The number of carbonyl (C=O) groups is 1. The summed E-state index contributed by atoms with van der Waals surface area (Å²) >= 11 is 0. The molecule has 1 aliphatic heterocycles. The summed E-state index contributed by atoms with van der Waals surface area (Å²) in [5, 5.41) is 0. The summed E-state index contributed by atoms with van der Waals surface area (Å²) in [6.07, 6.45) is -5.02. The van der Waals surface area contributed by atoms with Crippen LogP contribution in [-0.4, -0.2) is 33.7 Å². The first-order chi connectivity index (χ1) is 9.10. The first-order valence-corrected chi connectivity index (χ1v) is 7.52. The van der Waals surface area contributed by atoms with E-state index in [0.717, 1.165) is 18.2 Å². The second kappa shape index (κ2) is 4.81. The van der Waals surface area contributed by atoms with Gasteiger partial charge < -0.3 is 4.74 Å². The van der Waals surface area contributed by atoms with Crippen LogP contribution in [0, 0.1) is 0 Å². The van der Waals surface area contributed by atoms with Gasteiger partial charge in [0.2, 0.25) is 0 Å². The van der Waals surface area contributed by atoms with Gasteiger partial charge in [0.05, 0.1) is 17.1 Å². The minimum absolute atomic E-state index is 0.143. The van der Waals surface area contributed by atoms with Crippen molar-refractivity contribution in [2.75, 3.05) is 18.1 Å². The summed E-state index contributed by atoms with van der Waals surface area (Å²) in [5.41, 5.74) is -0.150. The third-order valence-electron chi connectivity index (χ3n) is 2.56. The van der Waals surface area contributed by atoms with Gasteiger partial charge in [0, 0.05) is 16.7 Å². The number of anilines is 1. The van der Waals surface area contributed by atoms with Crippen molar-refractivity contribution >= 4 is 31.3 Å². The highest BCUT2D eigenvalue weighted by molar-refractivity contribution is 8.13. The Hall–Kier alpha value is -1.48. The lowest BCUT2D eigenvalue weighted by Gasteiger charge is -2.30. The smallest absolute Gasteiger partial charge is 0.471 e. The SMILES string of the molecule is O=C(N1CCOc2cc(S(=O)(=O)Cl)ccc21)C(F)(F)F. The van der Waals surface area contributed by atoms with Crippen LogP contribution in [-0.2, 0) is 13.8 Å². The predicted octanol–water partition coefficient (Wildman–Crippen LogP) is 1.90. The van der Waals surface area contributed by atoms with E-state index in [1.165, 1.54) is 0 Å². The van der Waals surface area contributed by atoms with Gasteiger partial charge in [-0.05, 0) is 12.1 Å². The van der Waals surface area contributed by atoms with Crippen LogP contribution < -0.4 is 9.64 Å². The number of halogens is 4. The highest BCUT2D eigenvalue weighted by atomic mass is 35.7. The minimum Gasteiger partial charge on any atom is -0.489 e. The molecular weight excluding hydrogens is 323 g/mol. The van der Waals surface area contributed by atoms with Gasteiger partial charge in [0.25, 0.3) is 9.05 Å². The number of rotatable bonds is 1. The highest BCUT2D eigenvalue weighted by Gasteiger charge is 2.44. The lowest BCUT2D eigenvalue weighted by Crippen LogP contribution is -2.45. The lowest BCUT2D eigenvalue weighted by molar-refractivity contribution is -0.170. The molecule has 0 saturated carbocycles. The number of fused-ring (bicyclic) bond motifs is 1. The van der Waals surface area contributed by atoms with Crippen molar-refractivity contribution in [3.8, 4) is 5.75 Å². The molecule has 1 aliphatic rings. The van der Waals surface area contributed by atoms with Gasteiger partial charge in [-0.2, -0.15) is 13.2 Å². The summed E-state index contributed by atoms with van der Waals surface area (Å²) in [6, 6.07) is 3.04. The Morgan fingerprint density at radius 3 is 2.55 bits per heavy atom. The maximum Gasteiger partial charge on any atom is 0.471 e. The summed E-state index contributed by atoms with van der Waals surface area (Å²) in [5.74, 6) is -2.18. The quantitative estimate of drug-likeness (QED) is 0.738. The van der Waals surface area contributed by atoms with Gasteiger partial charge in [-0.15, -0.1) is 0 Å². The van der Waals surface area contributed by atoms with E-state index in [4.69, 9.17) is 15.4 Å². The molecule has 1 heterocycles. The molecule has 20 heavy (non-hydrogen) atoms. The second-order valence-corrected chi connectivity index (χ2v) is 6.44. The van der Waals surface area contributed by atoms with E-state index >= 15 is 0 Å². The van der Waals surface area contributed by atoms with Crippen molar-refractivity contribution < 1.29 is 31.1 Å². The van der Waals surface area contributed by atoms with Crippen molar-refractivity contribution in [3.05, 3.63) is 18.2 Å². The largest absolute Gasteiger partial charge is 0.489 e. The molecule has 0 saturated heterocycles. The second-order valence-electron chi connectivity index (χ2n) is 3.87. The molecule has 0 N–H and O–H groups in total. The van der Waals surface area contributed by atoms with Crippen molar-refractivity contribution in [3.63, 3.8) is 0 Å². The van der Waals surface area contributed by atoms with Crippen molar-refractivity contribution in [2.24, 2.45) is 0 Å². The fourth-order valence-corrected chi connectivity index (χ4v) is 2.48. The van der Waals surface area contributed by atoms with Crippen molar-refractivity contribution in [2.45, 2.75) is 11.1 Å². The van der Waals surface area contributed by atoms with Crippen LogP contribution in [0.25, 0.3) is 0 Å². The fraction of sp³-hybridized carbons (Fsp3) is 0.300. The predicted molar refractivity (Wildman–Crippen MR) is 63.4 cm³/mol. The number of benzene rings is 1. The van der Waals surface area contributed by atoms with Crippen LogP contribution in [0.2, 0.25) is 0 Å². The molecule has 0 aliphatic carbocycles. The summed E-state index contributed by atoms with van der Waals surface area (Å²) in [4.78, 5) is 11.4. The van der Waals surface area contributed by atoms with Crippen molar-refractivity contribution in [1.29, 1.82) is 0 Å². The van der Waals surface area contributed by atoms with Gasteiger partial charge >= 0.3 is 12.1 Å². The Labute approximate surface area is 116 Å². The molecule has 5 nitrogen and oxygen atoms in total. The number of hydrogen-bond donors (Lipinski definition) is 0. The van der Waals surface area contributed by atoms with E-state index in [9.17, 15) is 26.4 Å². The molecule has 0 unspecified atom stereocenters. The van der Waals surface area contributed by atoms with E-state index in [1.807, 2.05) is 0 Å². The van der Waals surface area contributed by atoms with Crippen LogP contribution >= 0.6 is 10.7 Å². The van der Waals surface area contributed by atoms with Crippen LogP contribution in [0.3, 0.4) is 0 Å². The number of hydrogen-bond acceptors (Lipinski definition) is 4. The first-order valence-electron chi connectivity index (χ1n) is 5.21. The van der Waals surface area contributed by atoms with Crippen LogP contribution in [0.1, 0.15) is 0 Å². The monoisotopic (exact) mass is 329 g/mol. The maximum atomic E-state index is 12.4. The fourth-order valence-electron chi connectivity index (χ4n) is 1.72. The van der Waals surface area contributed by atoms with E-state index in [-0.39, 0.29) is 29.5 Å². The Balaban J connectivity index is 2.46. The normalized spacial score (nSPS) is 15.5. The van der Waals surface area contributed by atoms with Crippen LogP contribution in [0.4, 0.5) is 18.9 Å². The molecule has 1 amide bonds. The maximum absolute atomic E-state index is 12.4. The molecule has 0 fully saturated rings. The van der Waals surface area contributed by atoms with E-state index < -0.39 is 21.1 Å². The molecule has 0 bridgehead atoms. The molecule has 0 aromatic heterocycles. The molecule has 10 heteroatoms. The zero-order valence-electron chi connectivity index (χ0n) is 9.65.